The molecule has 1 aromatic heterocycles. The molecule has 0 spiro atoms. The number of fused-ring (bicyclic) bond motifs is 1. The minimum atomic E-state index is 0.0195. The fourth-order valence-electron chi connectivity index (χ4n) is 2.98. The number of thioether (sulfide) groups is 2. The van der Waals surface area contributed by atoms with Crippen LogP contribution in [0.25, 0.3) is 0 Å². The van der Waals surface area contributed by atoms with Gasteiger partial charge in [-0.05, 0) is 18.8 Å². The van der Waals surface area contributed by atoms with Crippen LogP contribution in [-0.2, 0) is 18.3 Å². The lowest BCUT2D eigenvalue weighted by Crippen LogP contribution is -2.39. The van der Waals surface area contributed by atoms with E-state index < -0.39 is 0 Å². The van der Waals surface area contributed by atoms with E-state index in [0.717, 1.165) is 42.9 Å². The first kappa shape index (κ1) is 16.9. The number of carbonyl (C=O) groups is 1. The van der Waals surface area contributed by atoms with Crippen molar-refractivity contribution in [2.45, 2.75) is 48.4 Å². The van der Waals surface area contributed by atoms with Crippen LogP contribution in [0.15, 0.2) is 14.8 Å². The van der Waals surface area contributed by atoms with Crippen LogP contribution < -0.4 is 5.56 Å². The summed E-state index contributed by atoms with van der Waals surface area (Å²) in [6.07, 6.45) is 3.00. The Morgan fingerprint density at radius 3 is 2.74 bits per heavy atom. The first-order valence-corrected chi connectivity index (χ1v) is 9.99. The molecule has 126 valence electrons. The molecule has 2 aliphatic heterocycles. The fourth-order valence-corrected chi connectivity index (χ4v) is 5.01. The first-order chi connectivity index (χ1) is 11.0. The van der Waals surface area contributed by atoms with Crippen LogP contribution in [0.4, 0.5) is 0 Å². The van der Waals surface area contributed by atoms with Gasteiger partial charge in [0.25, 0.3) is 5.56 Å². The second kappa shape index (κ2) is 6.89. The van der Waals surface area contributed by atoms with Crippen molar-refractivity contribution in [2.24, 2.45) is 13.0 Å². The number of hydrogen-bond acceptors (Lipinski definition) is 5. The van der Waals surface area contributed by atoms with Crippen molar-refractivity contribution < 1.29 is 4.79 Å². The largest absolute Gasteiger partial charge is 0.342 e. The second-order valence-electron chi connectivity index (χ2n) is 6.52. The maximum absolute atomic E-state index is 12.4. The highest BCUT2D eigenvalue weighted by Gasteiger charge is 2.26. The summed E-state index contributed by atoms with van der Waals surface area (Å²) in [4.78, 5) is 32.1. The van der Waals surface area contributed by atoms with E-state index in [2.05, 4.69) is 18.8 Å². The molecule has 0 unspecified atom stereocenters. The van der Waals surface area contributed by atoms with Crippen molar-refractivity contribution in [2.75, 3.05) is 18.8 Å². The van der Waals surface area contributed by atoms with Gasteiger partial charge in [-0.3, -0.25) is 14.2 Å². The maximum Gasteiger partial charge on any atom is 0.267 e. The zero-order chi connectivity index (χ0) is 16.6. The molecule has 1 amide bonds. The number of piperidine rings is 1. The molecule has 2 aliphatic rings. The monoisotopic (exact) mass is 353 g/mol. The minimum absolute atomic E-state index is 0.0195. The third-order valence-electron chi connectivity index (χ3n) is 4.54. The van der Waals surface area contributed by atoms with Crippen molar-refractivity contribution in [1.82, 2.24) is 14.5 Å². The highest BCUT2D eigenvalue weighted by Crippen LogP contribution is 2.34. The van der Waals surface area contributed by atoms with Gasteiger partial charge in [0.05, 0.1) is 16.3 Å². The van der Waals surface area contributed by atoms with Gasteiger partial charge in [-0.1, -0.05) is 25.6 Å². The summed E-state index contributed by atoms with van der Waals surface area (Å²) in [6, 6.07) is 0. The maximum atomic E-state index is 12.4. The average molecular weight is 354 g/mol. The molecule has 23 heavy (non-hydrogen) atoms. The molecule has 0 bridgehead atoms. The van der Waals surface area contributed by atoms with Crippen LogP contribution in [-0.4, -0.2) is 44.5 Å². The Hall–Kier alpha value is -0.950. The quantitative estimate of drug-likeness (QED) is 0.616. The van der Waals surface area contributed by atoms with Gasteiger partial charge in [-0.15, -0.1) is 11.8 Å². The Balaban J connectivity index is 1.67. The number of nitrogens with zero attached hydrogens (tertiary/aromatic N) is 3. The van der Waals surface area contributed by atoms with Crippen LogP contribution >= 0.6 is 23.5 Å². The van der Waals surface area contributed by atoms with Crippen molar-refractivity contribution in [3.63, 3.8) is 0 Å². The highest BCUT2D eigenvalue weighted by atomic mass is 32.2. The van der Waals surface area contributed by atoms with E-state index in [1.54, 1.807) is 23.4 Å². The molecule has 5 nitrogen and oxygen atoms in total. The van der Waals surface area contributed by atoms with Crippen LogP contribution in [0.2, 0.25) is 0 Å². The topological polar surface area (TPSA) is 55.2 Å². The summed E-state index contributed by atoms with van der Waals surface area (Å²) in [5, 5.41) is 1.06. The summed E-state index contributed by atoms with van der Waals surface area (Å²) in [5.74, 6) is 1.22. The highest BCUT2D eigenvalue weighted by molar-refractivity contribution is 8.00. The standard InChI is InChI=1S/C16H23N3O2S2/c1-10-4-6-19(7-5-10)13(20)9-22-16-17-12-8-11(2)23-14(12)15(21)18(16)3/h10-11H,4-9H2,1-3H3/t11-/m1/s1. The van der Waals surface area contributed by atoms with E-state index in [-0.39, 0.29) is 11.5 Å². The van der Waals surface area contributed by atoms with Crippen molar-refractivity contribution in [3.8, 4) is 0 Å². The first-order valence-electron chi connectivity index (χ1n) is 8.13. The molecule has 0 saturated carbocycles. The third-order valence-corrected chi connectivity index (χ3v) is 6.77. The van der Waals surface area contributed by atoms with Crippen molar-refractivity contribution in [3.05, 3.63) is 16.0 Å². The van der Waals surface area contributed by atoms with E-state index in [0.29, 0.717) is 22.1 Å². The Morgan fingerprint density at radius 1 is 1.35 bits per heavy atom. The Kier molecular flexibility index (Phi) is 5.06. The summed E-state index contributed by atoms with van der Waals surface area (Å²) in [7, 11) is 1.74. The number of carbonyl (C=O) groups excluding carboxylic acids is 1. The number of aromatic nitrogens is 2. The van der Waals surface area contributed by atoms with Gasteiger partial charge >= 0.3 is 0 Å². The molecular weight excluding hydrogens is 330 g/mol. The molecule has 1 saturated heterocycles. The second-order valence-corrected chi connectivity index (χ2v) is 8.91. The van der Waals surface area contributed by atoms with Crippen molar-refractivity contribution >= 4 is 29.4 Å². The van der Waals surface area contributed by atoms with E-state index in [4.69, 9.17) is 0 Å². The normalized spacial score (nSPS) is 21.5. The van der Waals surface area contributed by atoms with Crippen molar-refractivity contribution in [1.29, 1.82) is 0 Å². The van der Waals surface area contributed by atoms with Crippen LogP contribution in [0.1, 0.15) is 32.4 Å². The molecule has 0 aromatic carbocycles. The Labute approximate surface area is 145 Å². The fraction of sp³-hybridized carbons (Fsp3) is 0.688. The van der Waals surface area contributed by atoms with Gasteiger partial charge in [0, 0.05) is 31.8 Å². The minimum Gasteiger partial charge on any atom is -0.342 e. The van der Waals surface area contributed by atoms with Gasteiger partial charge in [-0.25, -0.2) is 4.98 Å². The summed E-state index contributed by atoms with van der Waals surface area (Å²) in [6.45, 7) is 6.05. The van der Waals surface area contributed by atoms with E-state index >= 15 is 0 Å². The van der Waals surface area contributed by atoms with Gasteiger partial charge in [0.1, 0.15) is 0 Å². The number of amides is 1. The molecule has 3 rings (SSSR count). The van der Waals surface area contributed by atoms with Gasteiger partial charge in [0.15, 0.2) is 5.16 Å². The molecule has 1 atom stereocenters. The molecule has 0 N–H and O–H groups in total. The summed E-state index contributed by atoms with van der Waals surface area (Å²) < 4.78 is 1.58. The van der Waals surface area contributed by atoms with E-state index in [9.17, 15) is 9.59 Å². The van der Waals surface area contributed by atoms with Crippen LogP contribution in [0.5, 0.6) is 0 Å². The van der Waals surface area contributed by atoms with Gasteiger partial charge in [0.2, 0.25) is 5.91 Å². The lowest BCUT2D eigenvalue weighted by molar-refractivity contribution is -0.129. The van der Waals surface area contributed by atoms with Crippen LogP contribution in [0.3, 0.4) is 0 Å². The number of likely N-dealkylation sites (tertiary alicyclic amines) is 1. The van der Waals surface area contributed by atoms with E-state index in [1.807, 2.05) is 4.90 Å². The smallest absolute Gasteiger partial charge is 0.267 e. The average Bonchev–Trinajstić information content (AvgIpc) is 2.90. The Bertz CT molecular complexity index is 666. The molecule has 1 aromatic rings. The predicted molar refractivity (Wildman–Crippen MR) is 94.2 cm³/mol. The Morgan fingerprint density at radius 2 is 2.04 bits per heavy atom. The number of hydrogen-bond donors (Lipinski definition) is 0. The predicted octanol–water partition coefficient (Wildman–Crippen LogP) is 2.17. The van der Waals surface area contributed by atoms with Gasteiger partial charge < -0.3 is 4.90 Å². The van der Waals surface area contributed by atoms with Gasteiger partial charge in [-0.2, -0.15) is 0 Å². The SMILES string of the molecule is CC1CCN(C(=O)CSc2nc3c(c(=O)n2C)S[C@H](C)C3)CC1. The van der Waals surface area contributed by atoms with Crippen LogP contribution in [0, 0.1) is 5.92 Å². The molecule has 3 heterocycles. The zero-order valence-electron chi connectivity index (χ0n) is 13.9. The number of rotatable bonds is 3. The molecule has 1 fully saturated rings. The lowest BCUT2D eigenvalue weighted by Gasteiger charge is -2.30. The molecule has 0 aliphatic carbocycles. The third kappa shape index (κ3) is 3.60. The molecule has 7 heteroatoms. The molecule has 0 radical (unpaired) electrons. The summed E-state index contributed by atoms with van der Waals surface area (Å²) >= 11 is 2.99. The summed E-state index contributed by atoms with van der Waals surface area (Å²) in [5.41, 5.74) is 0.915. The zero-order valence-corrected chi connectivity index (χ0v) is 15.5. The molecular formula is C16H23N3O2S2. The van der Waals surface area contributed by atoms with E-state index in [1.165, 1.54) is 11.8 Å². The lowest BCUT2D eigenvalue weighted by atomic mass is 9.99.